The third kappa shape index (κ3) is 4.09. The molecule has 3 rings (SSSR count). The lowest BCUT2D eigenvalue weighted by Crippen LogP contribution is -2.23. The van der Waals surface area contributed by atoms with E-state index in [0.29, 0.717) is 30.9 Å². The van der Waals surface area contributed by atoms with Crippen molar-refractivity contribution in [2.24, 2.45) is 0 Å². The highest BCUT2D eigenvalue weighted by Gasteiger charge is 2.11. The van der Waals surface area contributed by atoms with Crippen LogP contribution in [0.3, 0.4) is 0 Å². The maximum atomic E-state index is 12.2. The zero-order valence-corrected chi connectivity index (χ0v) is 15.1. The molecule has 0 aliphatic rings. The van der Waals surface area contributed by atoms with Crippen molar-refractivity contribution in [3.63, 3.8) is 0 Å². The first-order valence-electron chi connectivity index (χ1n) is 8.02. The molecule has 1 amide bonds. The molecule has 1 N–H and O–H groups in total. The molecule has 2 aromatic carbocycles. The molecule has 3 aromatic rings. The van der Waals surface area contributed by atoms with E-state index in [2.05, 4.69) is 10.3 Å². The normalized spacial score (nSPS) is 10.6. The number of carbonyl (C=O) groups excluding carboxylic acids is 1. The fraction of sp³-hybridized carbons (Fsp3) is 0.263. The van der Waals surface area contributed by atoms with Gasteiger partial charge in [0.2, 0.25) is 5.91 Å². The number of fused-ring (bicyclic) bond motifs is 1. The molecule has 1 aromatic heterocycles. The van der Waals surface area contributed by atoms with Crippen LogP contribution in [0.4, 0.5) is 0 Å². The lowest BCUT2D eigenvalue weighted by molar-refractivity contribution is -0.121. The molecule has 0 saturated carbocycles. The Morgan fingerprint density at radius 2 is 1.96 bits per heavy atom. The van der Waals surface area contributed by atoms with Crippen LogP contribution in [0, 0.1) is 0 Å². The van der Waals surface area contributed by atoms with Crippen LogP contribution < -0.4 is 14.8 Å². The van der Waals surface area contributed by atoms with Gasteiger partial charge in [-0.25, -0.2) is 4.98 Å². The van der Waals surface area contributed by atoms with Crippen molar-refractivity contribution in [1.29, 1.82) is 0 Å². The molecular formula is C19H20N2O3S. The summed E-state index contributed by atoms with van der Waals surface area (Å²) in [6.45, 7) is 0.402. The van der Waals surface area contributed by atoms with E-state index in [0.717, 1.165) is 20.8 Å². The zero-order valence-electron chi connectivity index (χ0n) is 14.2. The van der Waals surface area contributed by atoms with Gasteiger partial charge < -0.3 is 14.8 Å². The van der Waals surface area contributed by atoms with Gasteiger partial charge in [-0.15, -0.1) is 11.3 Å². The number of rotatable bonds is 7. The lowest BCUT2D eigenvalue weighted by atomic mass is 10.1. The maximum absolute atomic E-state index is 12.2. The number of thiazole rings is 1. The van der Waals surface area contributed by atoms with Crippen LogP contribution in [0.25, 0.3) is 10.2 Å². The van der Waals surface area contributed by atoms with Gasteiger partial charge in [0, 0.05) is 24.9 Å². The van der Waals surface area contributed by atoms with Crippen molar-refractivity contribution < 1.29 is 14.3 Å². The van der Waals surface area contributed by atoms with Gasteiger partial charge in [0.25, 0.3) is 0 Å². The summed E-state index contributed by atoms with van der Waals surface area (Å²) in [5, 5.41) is 3.91. The van der Waals surface area contributed by atoms with Crippen LogP contribution in [0.2, 0.25) is 0 Å². The fourth-order valence-corrected chi connectivity index (χ4v) is 3.59. The van der Waals surface area contributed by atoms with Crippen molar-refractivity contribution in [3.05, 3.63) is 53.0 Å². The fourth-order valence-electron chi connectivity index (χ4n) is 2.62. The Hall–Kier alpha value is -2.60. The number of ether oxygens (including phenoxy) is 2. The minimum atomic E-state index is -0.0101. The predicted molar refractivity (Wildman–Crippen MR) is 99.3 cm³/mol. The smallest absolute Gasteiger partial charge is 0.220 e. The van der Waals surface area contributed by atoms with Crippen LogP contribution in [-0.4, -0.2) is 25.1 Å². The summed E-state index contributed by atoms with van der Waals surface area (Å²) in [4.78, 5) is 16.7. The minimum Gasteiger partial charge on any atom is -0.493 e. The number of methoxy groups -OCH3 is 2. The quantitative estimate of drug-likeness (QED) is 0.703. The largest absolute Gasteiger partial charge is 0.493 e. The van der Waals surface area contributed by atoms with E-state index >= 15 is 0 Å². The standard InChI is InChI=1S/C19H20N2O3S/c1-23-15-8-5-6-13(19(15)24-2)12-20-17(22)10-11-18-21-14-7-3-4-9-16(14)25-18/h3-9H,10-12H2,1-2H3,(H,20,22). The third-order valence-corrected chi connectivity index (χ3v) is 4.96. The Bertz CT molecular complexity index is 843. The highest BCUT2D eigenvalue weighted by atomic mass is 32.1. The molecule has 5 nitrogen and oxygen atoms in total. The Morgan fingerprint density at radius 3 is 2.72 bits per heavy atom. The van der Waals surface area contributed by atoms with E-state index in [9.17, 15) is 4.79 Å². The monoisotopic (exact) mass is 356 g/mol. The maximum Gasteiger partial charge on any atom is 0.220 e. The van der Waals surface area contributed by atoms with Gasteiger partial charge in [0.1, 0.15) is 0 Å². The number of amides is 1. The Morgan fingerprint density at radius 1 is 1.12 bits per heavy atom. The SMILES string of the molecule is COc1cccc(CNC(=O)CCc2nc3ccccc3s2)c1OC. The lowest BCUT2D eigenvalue weighted by Gasteiger charge is -2.13. The van der Waals surface area contributed by atoms with E-state index in [1.807, 2.05) is 42.5 Å². The summed E-state index contributed by atoms with van der Waals surface area (Å²) < 4.78 is 11.8. The van der Waals surface area contributed by atoms with Gasteiger partial charge in [-0.3, -0.25) is 4.79 Å². The van der Waals surface area contributed by atoms with Crippen LogP contribution in [0.15, 0.2) is 42.5 Å². The number of benzene rings is 2. The molecular weight excluding hydrogens is 336 g/mol. The van der Waals surface area contributed by atoms with Crippen molar-refractivity contribution in [2.45, 2.75) is 19.4 Å². The molecule has 0 unspecified atom stereocenters. The van der Waals surface area contributed by atoms with Gasteiger partial charge in [-0.05, 0) is 18.2 Å². The van der Waals surface area contributed by atoms with Gasteiger partial charge in [0.15, 0.2) is 11.5 Å². The molecule has 6 heteroatoms. The summed E-state index contributed by atoms with van der Waals surface area (Å²) in [6.07, 6.45) is 1.05. The number of aromatic nitrogens is 1. The number of carbonyl (C=O) groups is 1. The van der Waals surface area contributed by atoms with Crippen molar-refractivity contribution in [1.82, 2.24) is 10.3 Å². The first kappa shape index (κ1) is 17.2. The first-order chi connectivity index (χ1) is 12.2. The Balaban J connectivity index is 1.56. The molecule has 130 valence electrons. The van der Waals surface area contributed by atoms with Crippen molar-refractivity contribution in [2.75, 3.05) is 14.2 Å². The number of hydrogen-bond acceptors (Lipinski definition) is 5. The summed E-state index contributed by atoms with van der Waals surface area (Å²) >= 11 is 1.64. The topological polar surface area (TPSA) is 60.5 Å². The molecule has 0 fully saturated rings. The van der Waals surface area contributed by atoms with E-state index in [-0.39, 0.29) is 5.91 Å². The Labute approximate surface area is 150 Å². The van der Waals surface area contributed by atoms with Crippen molar-refractivity contribution >= 4 is 27.5 Å². The predicted octanol–water partition coefficient (Wildman–Crippen LogP) is 3.56. The summed E-state index contributed by atoms with van der Waals surface area (Å²) in [6, 6.07) is 13.6. The molecule has 0 radical (unpaired) electrons. The highest BCUT2D eigenvalue weighted by molar-refractivity contribution is 7.18. The molecule has 1 heterocycles. The third-order valence-electron chi connectivity index (χ3n) is 3.86. The number of nitrogens with zero attached hydrogens (tertiary/aromatic N) is 1. The summed E-state index contributed by atoms with van der Waals surface area (Å²) in [5.74, 6) is 1.30. The molecule has 0 saturated heterocycles. The van der Waals surface area contributed by atoms with E-state index in [1.165, 1.54) is 0 Å². The highest BCUT2D eigenvalue weighted by Crippen LogP contribution is 2.30. The zero-order chi connectivity index (χ0) is 17.6. The second kappa shape index (κ2) is 7.98. The minimum absolute atomic E-state index is 0.0101. The summed E-state index contributed by atoms with van der Waals surface area (Å²) in [5.41, 5.74) is 1.87. The number of aryl methyl sites for hydroxylation is 1. The van der Waals surface area contributed by atoms with Gasteiger partial charge in [-0.1, -0.05) is 24.3 Å². The van der Waals surface area contributed by atoms with Crippen LogP contribution in [0.5, 0.6) is 11.5 Å². The Kier molecular flexibility index (Phi) is 5.50. The molecule has 0 spiro atoms. The van der Waals surface area contributed by atoms with Gasteiger partial charge >= 0.3 is 0 Å². The molecule has 0 aliphatic heterocycles. The molecule has 0 atom stereocenters. The number of nitrogens with one attached hydrogen (secondary N) is 1. The first-order valence-corrected chi connectivity index (χ1v) is 8.84. The second-order valence-electron chi connectivity index (χ2n) is 5.50. The van der Waals surface area contributed by atoms with E-state index in [1.54, 1.807) is 25.6 Å². The van der Waals surface area contributed by atoms with Crippen LogP contribution in [0.1, 0.15) is 17.0 Å². The molecule has 0 aliphatic carbocycles. The average Bonchev–Trinajstić information content (AvgIpc) is 3.07. The van der Waals surface area contributed by atoms with Gasteiger partial charge in [-0.2, -0.15) is 0 Å². The van der Waals surface area contributed by atoms with Crippen LogP contribution in [-0.2, 0) is 17.8 Å². The second-order valence-corrected chi connectivity index (χ2v) is 6.62. The van der Waals surface area contributed by atoms with Crippen LogP contribution >= 0.6 is 11.3 Å². The van der Waals surface area contributed by atoms with Gasteiger partial charge in [0.05, 0.1) is 29.4 Å². The molecule has 0 bridgehead atoms. The number of hydrogen-bond donors (Lipinski definition) is 1. The molecule has 25 heavy (non-hydrogen) atoms. The van der Waals surface area contributed by atoms with Crippen molar-refractivity contribution in [3.8, 4) is 11.5 Å². The van der Waals surface area contributed by atoms with E-state index in [4.69, 9.17) is 9.47 Å². The average molecular weight is 356 g/mol. The number of para-hydroxylation sites is 2. The summed E-state index contributed by atoms with van der Waals surface area (Å²) in [7, 11) is 3.19. The van der Waals surface area contributed by atoms with E-state index < -0.39 is 0 Å².